The van der Waals surface area contributed by atoms with E-state index >= 15 is 0 Å². The molecule has 0 radical (unpaired) electrons. The van der Waals surface area contributed by atoms with Crippen molar-refractivity contribution in [1.29, 1.82) is 0 Å². The molecule has 5 aromatic rings. The minimum atomic E-state index is -0.209. The number of aromatic nitrogens is 1. The molecule has 0 aliphatic carbocycles. The number of methoxy groups -OCH3 is 2. The number of nitrogens with zero attached hydrogens (tertiary/aromatic N) is 2. The Morgan fingerprint density at radius 2 is 1.42 bits per heavy atom. The van der Waals surface area contributed by atoms with Crippen molar-refractivity contribution in [2.24, 2.45) is 0 Å². The second-order valence-electron chi connectivity index (χ2n) is 10.4. The zero-order chi connectivity index (χ0) is 30.0. The van der Waals surface area contributed by atoms with Gasteiger partial charge >= 0.3 is 0 Å². The van der Waals surface area contributed by atoms with Gasteiger partial charge in [-0.1, -0.05) is 78.9 Å². The summed E-state index contributed by atoms with van der Waals surface area (Å²) in [5.74, 6) is 0.369. The standard InChI is InChI=1S/C36H37N3O4/c1-42-23-22-39(36(41)29-18-16-28(17-19-29)27-10-4-3-5-11-27)26-35(40)38(25-31-12-6-9-15-34(31)43-2)21-20-30-24-37-33-14-8-7-13-32(30)33/h3-19,24,37H,20-23,25-26H2,1-2H3. The highest BCUT2D eigenvalue weighted by Gasteiger charge is 2.24. The average molecular weight is 576 g/mol. The molecule has 0 bridgehead atoms. The lowest BCUT2D eigenvalue weighted by atomic mass is 10.0. The normalized spacial score (nSPS) is 10.9. The van der Waals surface area contributed by atoms with E-state index in [1.165, 1.54) is 0 Å². The number of rotatable bonds is 13. The van der Waals surface area contributed by atoms with Crippen LogP contribution in [0.15, 0.2) is 109 Å². The number of H-pyrrole nitrogens is 1. The Labute approximate surface area is 252 Å². The molecule has 0 unspecified atom stereocenters. The first-order valence-electron chi connectivity index (χ1n) is 14.5. The summed E-state index contributed by atoms with van der Waals surface area (Å²) < 4.78 is 10.9. The molecule has 43 heavy (non-hydrogen) atoms. The minimum absolute atomic E-state index is 0.0638. The zero-order valence-electron chi connectivity index (χ0n) is 24.7. The second-order valence-corrected chi connectivity index (χ2v) is 10.4. The van der Waals surface area contributed by atoms with Gasteiger partial charge in [0, 0.05) is 55.0 Å². The van der Waals surface area contributed by atoms with E-state index in [1.807, 2.05) is 108 Å². The number of carbonyl (C=O) groups excluding carboxylic acids is 2. The van der Waals surface area contributed by atoms with Crippen molar-refractivity contribution in [2.45, 2.75) is 13.0 Å². The van der Waals surface area contributed by atoms with Crippen LogP contribution in [-0.4, -0.2) is 67.1 Å². The monoisotopic (exact) mass is 575 g/mol. The molecule has 5 rings (SSSR count). The molecular weight excluding hydrogens is 538 g/mol. The van der Waals surface area contributed by atoms with E-state index in [0.717, 1.165) is 38.9 Å². The van der Waals surface area contributed by atoms with Crippen molar-refractivity contribution < 1.29 is 19.1 Å². The molecule has 0 aliphatic heterocycles. The van der Waals surface area contributed by atoms with E-state index in [9.17, 15) is 9.59 Å². The highest BCUT2D eigenvalue weighted by Crippen LogP contribution is 2.23. The van der Waals surface area contributed by atoms with Crippen molar-refractivity contribution in [3.8, 4) is 16.9 Å². The number of carbonyl (C=O) groups is 2. The van der Waals surface area contributed by atoms with Crippen LogP contribution >= 0.6 is 0 Å². The third-order valence-electron chi connectivity index (χ3n) is 7.65. The number of amides is 2. The molecule has 220 valence electrons. The van der Waals surface area contributed by atoms with Gasteiger partial charge in [0.1, 0.15) is 12.3 Å². The van der Waals surface area contributed by atoms with Crippen LogP contribution in [0, 0.1) is 0 Å². The van der Waals surface area contributed by atoms with Gasteiger partial charge in [-0.25, -0.2) is 0 Å². The number of benzene rings is 4. The van der Waals surface area contributed by atoms with E-state index in [-0.39, 0.29) is 18.4 Å². The smallest absolute Gasteiger partial charge is 0.254 e. The summed E-state index contributed by atoms with van der Waals surface area (Å²) in [6, 6.07) is 33.4. The van der Waals surface area contributed by atoms with Crippen LogP contribution in [0.5, 0.6) is 5.75 Å². The molecular formula is C36H37N3O4. The van der Waals surface area contributed by atoms with E-state index < -0.39 is 0 Å². The summed E-state index contributed by atoms with van der Waals surface area (Å²) in [5.41, 5.74) is 5.74. The maximum Gasteiger partial charge on any atom is 0.254 e. The molecule has 1 heterocycles. The largest absolute Gasteiger partial charge is 0.496 e. The molecule has 0 saturated carbocycles. The van der Waals surface area contributed by atoms with Crippen molar-refractivity contribution in [1.82, 2.24) is 14.8 Å². The predicted molar refractivity (Wildman–Crippen MR) is 170 cm³/mol. The number of para-hydroxylation sites is 2. The molecule has 4 aromatic carbocycles. The Hall–Kier alpha value is -4.88. The Morgan fingerprint density at radius 3 is 2.19 bits per heavy atom. The summed E-state index contributed by atoms with van der Waals surface area (Å²) in [7, 11) is 3.22. The lowest BCUT2D eigenvalue weighted by molar-refractivity contribution is -0.132. The summed E-state index contributed by atoms with van der Waals surface area (Å²) in [6.45, 7) is 1.40. The Morgan fingerprint density at radius 1 is 0.721 bits per heavy atom. The SMILES string of the molecule is COCCN(CC(=O)N(CCc1c[nH]c2ccccc12)Cc1ccccc1OC)C(=O)c1ccc(-c2ccccc2)cc1. The maximum absolute atomic E-state index is 14.0. The summed E-state index contributed by atoms with van der Waals surface area (Å²) >= 11 is 0. The van der Waals surface area contributed by atoms with Crippen LogP contribution in [0.1, 0.15) is 21.5 Å². The molecule has 0 aliphatic rings. The summed E-state index contributed by atoms with van der Waals surface area (Å²) in [5, 5.41) is 1.14. The molecule has 0 fully saturated rings. The molecule has 0 spiro atoms. The minimum Gasteiger partial charge on any atom is -0.496 e. The Bertz CT molecular complexity index is 1650. The van der Waals surface area contributed by atoms with Gasteiger partial charge in [0.15, 0.2) is 0 Å². The summed E-state index contributed by atoms with van der Waals surface area (Å²) in [4.78, 5) is 34.3. The lowest BCUT2D eigenvalue weighted by Gasteiger charge is -2.28. The maximum atomic E-state index is 14.0. The van der Waals surface area contributed by atoms with Gasteiger partial charge in [-0.15, -0.1) is 0 Å². The third-order valence-corrected chi connectivity index (χ3v) is 7.65. The fourth-order valence-electron chi connectivity index (χ4n) is 5.26. The van der Waals surface area contributed by atoms with E-state index in [4.69, 9.17) is 9.47 Å². The van der Waals surface area contributed by atoms with E-state index in [0.29, 0.717) is 38.2 Å². The van der Waals surface area contributed by atoms with Gasteiger partial charge in [0.05, 0.1) is 13.7 Å². The van der Waals surface area contributed by atoms with Crippen LogP contribution in [-0.2, 0) is 22.5 Å². The number of nitrogens with one attached hydrogen (secondary N) is 1. The van der Waals surface area contributed by atoms with Gasteiger partial charge < -0.3 is 24.3 Å². The number of hydrogen-bond donors (Lipinski definition) is 1. The highest BCUT2D eigenvalue weighted by molar-refractivity contribution is 5.97. The van der Waals surface area contributed by atoms with Crippen molar-refractivity contribution >= 4 is 22.7 Å². The zero-order valence-corrected chi connectivity index (χ0v) is 24.7. The van der Waals surface area contributed by atoms with Gasteiger partial charge in [0.25, 0.3) is 5.91 Å². The van der Waals surface area contributed by atoms with Crippen molar-refractivity contribution in [3.05, 3.63) is 126 Å². The van der Waals surface area contributed by atoms with Crippen LogP contribution in [0.25, 0.3) is 22.0 Å². The predicted octanol–water partition coefficient (Wildman–Crippen LogP) is 6.20. The van der Waals surface area contributed by atoms with Crippen LogP contribution in [0.4, 0.5) is 0 Å². The molecule has 7 heteroatoms. The molecule has 1 N–H and O–H groups in total. The topological polar surface area (TPSA) is 74.9 Å². The first-order chi connectivity index (χ1) is 21.1. The van der Waals surface area contributed by atoms with Crippen molar-refractivity contribution in [2.75, 3.05) is 40.5 Å². The molecule has 0 saturated heterocycles. The fraction of sp³-hybridized carbons (Fsp3) is 0.222. The average Bonchev–Trinajstić information content (AvgIpc) is 3.48. The molecule has 2 amide bonds. The first kappa shape index (κ1) is 29.6. The fourth-order valence-corrected chi connectivity index (χ4v) is 5.26. The van der Waals surface area contributed by atoms with Crippen molar-refractivity contribution in [3.63, 3.8) is 0 Å². The Kier molecular flexibility index (Phi) is 9.87. The number of ether oxygens (including phenoxy) is 2. The quantitative estimate of drug-likeness (QED) is 0.181. The Balaban J connectivity index is 1.36. The van der Waals surface area contributed by atoms with Gasteiger partial charge in [-0.2, -0.15) is 0 Å². The number of fused-ring (bicyclic) bond motifs is 1. The number of aromatic amines is 1. The van der Waals surface area contributed by atoms with Crippen LogP contribution in [0.2, 0.25) is 0 Å². The third kappa shape index (κ3) is 7.31. The first-order valence-corrected chi connectivity index (χ1v) is 14.5. The van der Waals surface area contributed by atoms with E-state index in [2.05, 4.69) is 11.1 Å². The molecule has 7 nitrogen and oxygen atoms in total. The van der Waals surface area contributed by atoms with Gasteiger partial charge in [-0.05, 0) is 47.4 Å². The number of hydrogen-bond acceptors (Lipinski definition) is 4. The van der Waals surface area contributed by atoms with E-state index in [1.54, 1.807) is 19.1 Å². The van der Waals surface area contributed by atoms with Gasteiger partial charge in [-0.3, -0.25) is 9.59 Å². The lowest BCUT2D eigenvalue weighted by Crippen LogP contribution is -2.44. The van der Waals surface area contributed by atoms with Crippen LogP contribution in [0.3, 0.4) is 0 Å². The molecule has 1 aromatic heterocycles. The van der Waals surface area contributed by atoms with Gasteiger partial charge in [0.2, 0.25) is 5.91 Å². The highest BCUT2D eigenvalue weighted by atomic mass is 16.5. The van der Waals surface area contributed by atoms with Crippen LogP contribution < -0.4 is 4.74 Å². The molecule has 0 atom stereocenters. The second kappa shape index (κ2) is 14.3. The summed E-state index contributed by atoms with van der Waals surface area (Å²) in [6.07, 6.45) is 2.67.